The number of amides is 3. The van der Waals surface area contributed by atoms with Crippen molar-refractivity contribution in [3.8, 4) is 0 Å². The Labute approximate surface area is 177 Å². The van der Waals surface area contributed by atoms with E-state index < -0.39 is 42.1 Å². The summed E-state index contributed by atoms with van der Waals surface area (Å²) in [6.07, 6.45) is -0.448. The molecule has 0 aliphatic rings. The van der Waals surface area contributed by atoms with Crippen LogP contribution >= 0.6 is 0 Å². The summed E-state index contributed by atoms with van der Waals surface area (Å²) in [5, 5.41) is 26.9. The fraction of sp³-hybridized carbons (Fsp3) is 0.625. The summed E-state index contributed by atoms with van der Waals surface area (Å²) in [4.78, 5) is 42.5. The van der Waals surface area contributed by atoms with Gasteiger partial charge in [0.25, 0.3) is 0 Å². The first-order valence-corrected chi connectivity index (χ1v) is 9.41. The average Bonchev–Trinajstić information content (AvgIpc) is 3.15. The first kappa shape index (κ1) is 25.6. The molecule has 31 heavy (non-hydrogen) atoms. The van der Waals surface area contributed by atoms with Crippen molar-refractivity contribution in [1.82, 2.24) is 20.8 Å². The SMILES string of the molecule is CC(O)[C@H](NC(=O)N[C@@H](CCC(N)=O)c1nc([C@@H](N)CCCN=C(N)N)no1)C(=O)O. The van der Waals surface area contributed by atoms with Crippen LogP contribution in [-0.2, 0) is 9.59 Å². The van der Waals surface area contributed by atoms with Gasteiger partial charge in [-0.15, -0.1) is 0 Å². The van der Waals surface area contributed by atoms with Crippen LogP contribution in [0.25, 0.3) is 0 Å². The van der Waals surface area contributed by atoms with Gasteiger partial charge in [-0.05, 0) is 26.2 Å². The maximum atomic E-state index is 12.2. The molecule has 0 aliphatic heterocycles. The summed E-state index contributed by atoms with van der Waals surface area (Å²) in [6, 6.07) is -4.02. The number of carbonyl (C=O) groups is 3. The van der Waals surface area contributed by atoms with Crippen molar-refractivity contribution < 1.29 is 29.1 Å². The van der Waals surface area contributed by atoms with E-state index >= 15 is 0 Å². The number of hydrogen-bond donors (Lipinski definition) is 8. The number of urea groups is 1. The summed E-state index contributed by atoms with van der Waals surface area (Å²) in [6.45, 7) is 1.58. The van der Waals surface area contributed by atoms with Gasteiger partial charge in [-0.3, -0.25) is 9.79 Å². The van der Waals surface area contributed by atoms with Gasteiger partial charge in [0.1, 0.15) is 6.04 Å². The zero-order valence-electron chi connectivity index (χ0n) is 17.0. The minimum atomic E-state index is -1.55. The first-order valence-electron chi connectivity index (χ1n) is 9.41. The molecular formula is C16H29N9O6. The molecule has 0 saturated heterocycles. The number of aliphatic hydroxyl groups excluding tert-OH is 1. The highest BCUT2D eigenvalue weighted by atomic mass is 16.5. The van der Waals surface area contributed by atoms with Crippen LogP contribution in [0.15, 0.2) is 9.52 Å². The molecule has 0 radical (unpaired) electrons. The van der Waals surface area contributed by atoms with Gasteiger partial charge in [-0.1, -0.05) is 5.16 Å². The van der Waals surface area contributed by atoms with E-state index in [1.54, 1.807) is 0 Å². The Balaban J connectivity index is 2.84. The Morgan fingerprint density at radius 3 is 2.42 bits per heavy atom. The van der Waals surface area contributed by atoms with Crippen molar-refractivity contribution in [3.05, 3.63) is 11.7 Å². The molecule has 1 unspecified atom stereocenters. The molecule has 15 nitrogen and oxygen atoms in total. The number of guanidine groups is 1. The molecule has 12 N–H and O–H groups in total. The highest BCUT2D eigenvalue weighted by molar-refractivity contribution is 5.83. The zero-order valence-corrected chi connectivity index (χ0v) is 17.0. The first-order chi connectivity index (χ1) is 14.5. The number of nitrogens with zero attached hydrogens (tertiary/aromatic N) is 3. The molecule has 1 rings (SSSR count). The molecule has 0 aromatic carbocycles. The minimum Gasteiger partial charge on any atom is -0.480 e. The number of primary amides is 1. The highest BCUT2D eigenvalue weighted by Crippen LogP contribution is 2.20. The van der Waals surface area contributed by atoms with E-state index in [2.05, 4.69) is 25.8 Å². The third kappa shape index (κ3) is 9.26. The largest absolute Gasteiger partial charge is 0.480 e. The third-order valence-corrected chi connectivity index (χ3v) is 4.07. The maximum absolute atomic E-state index is 12.2. The summed E-state index contributed by atoms with van der Waals surface area (Å²) in [5.41, 5.74) is 21.7. The van der Waals surface area contributed by atoms with Crippen molar-refractivity contribution in [2.75, 3.05) is 6.54 Å². The molecule has 0 saturated carbocycles. The number of aromatic nitrogens is 2. The molecule has 15 heteroatoms. The number of aliphatic carboxylic acids is 1. The summed E-state index contributed by atoms with van der Waals surface area (Å²) < 4.78 is 5.16. The Kier molecular flexibility index (Phi) is 10.1. The van der Waals surface area contributed by atoms with Crippen LogP contribution < -0.4 is 33.6 Å². The Bertz CT molecular complexity index is 777. The molecular weight excluding hydrogens is 414 g/mol. The lowest BCUT2D eigenvalue weighted by Crippen LogP contribution is -2.51. The lowest BCUT2D eigenvalue weighted by Gasteiger charge is -2.20. The number of hydrogen-bond acceptors (Lipinski definition) is 9. The van der Waals surface area contributed by atoms with Crippen molar-refractivity contribution in [2.45, 2.75) is 56.8 Å². The number of nitrogens with one attached hydrogen (secondary N) is 2. The molecule has 3 amide bonds. The van der Waals surface area contributed by atoms with E-state index in [-0.39, 0.29) is 30.5 Å². The van der Waals surface area contributed by atoms with E-state index in [4.69, 9.17) is 32.6 Å². The predicted molar refractivity (Wildman–Crippen MR) is 107 cm³/mol. The second kappa shape index (κ2) is 12.3. The van der Waals surface area contributed by atoms with Crippen LogP contribution in [0.5, 0.6) is 0 Å². The van der Waals surface area contributed by atoms with E-state index in [0.29, 0.717) is 19.4 Å². The van der Waals surface area contributed by atoms with Crippen LogP contribution in [-0.4, -0.2) is 62.9 Å². The van der Waals surface area contributed by atoms with Gasteiger partial charge in [-0.2, -0.15) is 4.98 Å². The monoisotopic (exact) mass is 443 g/mol. The van der Waals surface area contributed by atoms with Gasteiger partial charge in [0, 0.05) is 13.0 Å². The Hall–Kier alpha value is -3.46. The molecule has 0 spiro atoms. The summed E-state index contributed by atoms with van der Waals surface area (Å²) in [5.74, 6) is -1.97. The number of nitrogens with two attached hydrogens (primary N) is 4. The second-order valence-electron chi connectivity index (χ2n) is 6.78. The number of aliphatic imine (C=N–C) groups is 1. The summed E-state index contributed by atoms with van der Waals surface area (Å²) >= 11 is 0. The zero-order chi connectivity index (χ0) is 23.6. The number of carbonyl (C=O) groups excluding carboxylic acids is 2. The molecule has 174 valence electrons. The van der Waals surface area contributed by atoms with E-state index in [0.717, 1.165) is 0 Å². The van der Waals surface area contributed by atoms with Gasteiger partial charge >= 0.3 is 12.0 Å². The third-order valence-electron chi connectivity index (χ3n) is 4.07. The topological polar surface area (TPSA) is 271 Å². The highest BCUT2D eigenvalue weighted by Gasteiger charge is 2.28. The van der Waals surface area contributed by atoms with Crippen molar-refractivity contribution >= 4 is 23.9 Å². The molecule has 0 fully saturated rings. The van der Waals surface area contributed by atoms with Crippen LogP contribution in [0.4, 0.5) is 4.79 Å². The van der Waals surface area contributed by atoms with Gasteiger partial charge in [-0.25, -0.2) is 9.59 Å². The molecule has 0 bridgehead atoms. The van der Waals surface area contributed by atoms with Crippen LogP contribution in [0.2, 0.25) is 0 Å². The average molecular weight is 443 g/mol. The van der Waals surface area contributed by atoms with E-state index in [1.807, 2.05) is 0 Å². The van der Waals surface area contributed by atoms with Gasteiger partial charge in [0.15, 0.2) is 17.8 Å². The number of carboxylic acid groups (broad SMARTS) is 1. The number of aliphatic hydroxyl groups is 1. The van der Waals surface area contributed by atoms with Crippen LogP contribution in [0, 0.1) is 0 Å². The standard InChI is InChI=1S/C16H29N9O6/c1-7(26)11(14(28)29)23-16(30)22-9(4-5-10(18)27)13-24-12(25-31-13)8(17)3-2-6-21-15(19)20/h7-9,11,26H,2-6,17H2,1H3,(H2,18,27)(H,28,29)(H4,19,20,21)(H2,22,23,30)/t7?,8-,9-,11-/m0/s1. The predicted octanol–water partition coefficient (Wildman–Crippen LogP) is -2.44. The smallest absolute Gasteiger partial charge is 0.328 e. The molecule has 0 aliphatic carbocycles. The maximum Gasteiger partial charge on any atom is 0.328 e. The van der Waals surface area contributed by atoms with Gasteiger partial charge < -0.3 is 48.3 Å². The molecule has 1 heterocycles. The van der Waals surface area contributed by atoms with E-state index in [9.17, 15) is 19.5 Å². The number of carboxylic acids is 1. The normalized spacial score (nSPS) is 14.7. The van der Waals surface area contributed by atoms with Gasteiger partial charge in [0.05, 0.1) is 12.1 Å². The quantitative estimate of drug-likeness (QED) is 0.0900. The fourth-order valence-corrected chi connectivity index (χ4v) is 2.46. The van der Waals surface area contributed by atoms with Crippen LogP contribution in [0.3, 0.4) is 0 Å². The molecule has 1 aromatic rings. The Morgan fingerprint density at radius 1 is 1.19 bits per heavy atom. The fourth-order valence-electron chi connectivity index (χ4n) is 2.46. The number of rotatable bonds is 13. The van der Waals surface area contributed by atoms with E-state index in [1.165, 1.54) is 6.92 Å². The van der Waals surface area contributed by atoms with Crippen molar-refractivity contribution in [1.29, 1.82) is 0 Å². The molecule has 1 aromatic heterocycles. The van der Waals surface area contributed by atoms with Gasteiger partial charge in [0.2, 0.25) is 11.8 Å². The van der Waals surface area contributed by atoms with Crippen molar-refractivity contribution in [3.63, 3.8) is 0 Å². The van der Waals surface area contributed by atoms with Crippen LogP contribution in [0.1, 0.15) is 56.4 Å². The second-order valence-corrected chi connectivity index (χ2v) is 6.78. The lowest BCUT2D eigenvalue weighted by atomic mass is 10.1. The minimum absolute atomic E-state index is 0.0104. The Morgan fingerprint density at radius 2 is 1.87 bits per heavy atom. The lowest BCUT2D eigenvalue weighted by molar-refractivity contribution is -0.141. The van der Waals surface area contributed by atoms with Crippen molar-refractivity contribution in [2.24, 2.45) is 27.9 Å². The molecule has 4 atom stereocenters. The summed E-state index contributed by atoms with van der Waals surface area (Å²) in [7, 11) is 0.